The summed E-state index contributed by atoms with van der Waals surface area (Å²) in [5, 5.41) is 4.71. The van der Waals surface area contributed by atoms with Crippen LogP contribution in [-0.4, -0.2) is 17.7 Å². The van der Waals surface area contributed by atoms with E-state index in [1.54, 1.807) is 42.5 Å². The van der Waals surface area contributed by atoms with Gasteiger partial charge in [0, 0.05) is 27.8 Å². The summed E-state index contributed by atoms with van der Waals surface area (Å²) in [7, 11) is 0. The van der Waals surface area contributed by atoms with E-state index in [-0.39, 0.29) is 5.91 Å². The Bertz CT molecular complexity index is 1040. The zero-order chi connectivity index (χ0) is 20.6. The minimum atomic E-state index is -0.459. The first-order valence-corrected chi connectivity index (χ1v) is 9.70. The van der Waals surface area contributed by atoms with Crippen molar-refractivity contribution in [2.45, 2.75) is 6.92 Å². The van der Waals surface area contributed by atoms with Crippen molar-refractivity contribution in [2.24, 2.45) is 0 Å². The molecule has 0 radical (unpaired) electrons. The molecule has 0 fully saturated rings. The van der Waals surface area contributed by atoms with Gasteiger partial charge in [0.1, 0.15) is 0 Å². The van der Waals surface area contributed by atoms with Gasteiger partial charge in [-0.2, -0.15) is 0 Å². The molecule has 0 saturated heterocycles. The third kappa shape index (κ3) is 5.63. The van der Waals surface area contributed by atoms with Gasteiger partial charge in [-0.1, -0.05) is 24.3 Å². The third-order valence-corrected chi connectivity index (χ3v) is 4.87. The molecule has 7 heteroatoms. The maximum absolute atomic E-state index is 12.3. The molecule has 0 atom stereocenters. The van der Waals surface area contributed by atoms with Gasteiger partial charge in [0.25, 0.3) is 17.7 Å². The van der Waals surface area contributed by atoms with Crippen LogP contribution in [0.5, 0.6) is 0 Å². The molecule has 6 nitrogen and oxygen atoms in total. The molecule has 0 spiro atoms. The molecule has 3 rings (SSSR count). The molecule has 0 bridgehead atoms. The SMILES string of the molecule is Cc1ccccc1C(=O)Nc1ccc(C(=O)NNC(=O)C=Cc2cccs2)cc1. The van der Waals surface area contributed by atoms with Crippen molar-refractivity contribution in [3.63, 3.8) is 0 Å². The molecule has 146 valence electrons. The van der Waals surface area contributed by atoms with Crippen LogP contribution in [0.4, 0.5) is 5.69 Å². The number of benzene rings is 2. The second-order valence-electron chi connectivity index (χ2n) is 6.14. The Morgan fingerprint density at radius 3 is 2.31 bits per heavy atom. The zero-order valence-electron chi connectivity index (χ0n) is 15.6. The highest BCUT2D eigenvalue weighted by Gasteiger charge is 2.10. The number of thiophene rings is 1. The quantitative estimate of drug-likeness (QED) is 0.446. The van der Waals surface area contributed by atoms with Crippen molar-refractivity contribution >= 4 is 40.8 Å². The summed E-state index contributed by atoms with van der Waals surface area (Å²) in [6, 6.07) is 17.5. The van der Waals surface area contributed by atoms with E-state index in [2.05, 4.69) is 16.2 Å². The Hall–Kier alpha value is -3.71. The summed E-state index contributed by atoms with van der Waals surface area (Å²) in [4.78, 5) is 37.2. The Kier molecular flexibility index (Phi) is 6.55. The van der Waals surface area contributed by atoms with Crippen molar-refractivity contribution < 1.29 is 14.4 Å². The fourth-order valence-corrected chi connectivity index (χ4v) is 3.13. The summed E-state index contributed by atoms with van der Waals surface area (Å²) < 4.78 is 0. The average molecular weight is 405 g/mol. The number of hydrogen-bond donors (Lipinski definition) is 3. The highest BCUT2D eigenvalue weighted by Crippen LogP contribution is 2.13. The van der Waals surface area contributed by atoms with Crippen LogP contribution in [0.3, 0.4) is 0 Å². The molecule has 0 aliphatic carbocycles. The van der Waals surface area contributed by atoms with E-state index in [0.29, 0.717) is 16.8 Å². The predicted molar refractivity (Wildman–Crippen MR) is 115 cm³/mol. The number of carbonyl (C=O) groups excluding carboxylic acids is 3. The van der Waals surface area contributed by atoms with Crippen LogP contribution in [0, 0.1) is 6.92 Å². The molecule has 0 aliphatic heterocycles. The molecule has 3 amide bonds. The lowest BCUT2D eigenvalue weighted by Crippen LogP contribution is -2.40. The second kappa shape index (κ2) is 9.48. The number of amides is 3. The number of nitrogens with one attached hydrogen (secondary N) is 3. The first kappa shape index (κ1) is 20.0. The second-order valence-corrected chi connectivity index (χ2v) is 7.12. The van der Waals surface area contributed by atoms with E-state index in [1.807, 2.05) is 36.6 Å². The molecule has 1 heterocycles. The van der Waals surface area contributed by atoms with E-state index in [4.69, 9.17) is 0 Å². The number of rotatable bonds is 5. The summed E-state index contributed by atoms with van der Waals surface area (Å²) >= 11 is 1.51. The summed E-state index contributed by atoms with van der Waals surface area (Å²) in [5.74, 6) is -1.11. The molecule has 3 aromatic rings. The highest BCUT2D eigenvalue weighted by molar-refractivity contribution is 7.10. The standard InChI is InChI=1S/C22H19N3O3S/c1-15-5-2-3-7-19(15)22(28)23-17-10-8-16(9-11-17)21(27)25-24-20(26)13-12-18-6-4-14-29-18/h2-14H,1H3,(H,23,28)(H,24,26)(H,25,27). The van der Waals surface area contributed by atoms with E-state index < -0.39 is 11.8 Å². The number of hydrogen-bond acceptors (Lipinski definition) is 4. The van der Waals surface area contributed by atoms with Crippen LogP contribution in [0.1, 0.15) is 31.2 Å². The van der Waals surface area contributed by atoms with Crippen molar-refractivity contribution in [1.82, 2.24) is 10.9 Å². The normalized spacial score (nSPS) is 10.5. The Balaban J connectivity index is 1.52. The Morgan fingerprint density at radius 1 is 0.862 bits per heavy atom. The lowest BCUT2D eigenvalue weighted by Gasteiger charge is -2.09. The smallest absolute Gasteiger partial charge is 0.269 e. The van der Waals surface area contributed by atoms with Gasteiger partial charge in [-0.3, -0.25) is 25.2 Å². The third-order valence-electron chi connectivity index (χ3n) is 4.04. The van der Waals surface area contributed by atoms with Crippen LogP contribution in [0.15, 0.2) is 72.1 Å². The topological polar surface area (TPSA) is 87.3 Å². The van der Waals surface area contributed by atoms with Crippen molar-refractivity contribution in [2.75, 3.05) is 5.32 Å². The fraction of sp³-hybridized carbons (Fsp3) is 0.0455. The van der Waals surface area contributed by atoms with Gasteiger partial charge in [0.15, 0.2) is 0 Å². The maximum Gasteiger partial charge on any atom is 0.269 e. The predicted octanol–water partition coefficient (Wildman–Crippen LogP) is 3.78. The molecular weight excluding hydrogens is 386 g/mol. The van der Waals surface area contributed by atoms with Crippen molar-refractivity contribution in [1.29, 1.82) is 0 Å². The number of carbonyl (C=O) groups is 3. The molecule has 3 N–H and O–H groups in total. The molecule has 0 saturated carbocycles. The van der Waals surface area contributed by atoms with Gasteiger partial charge < -0.3 is 5.32 Å². The number of anilines is 1. The molecule has 2 aromatic carbocycles. The first-order valence-electron chi connectivity index (χ1n) is 8.82. The van der Waals surface area contributed by atoms with Crippen LogP contribution in [-0.2, 0) is 4.79 Å². The lowest BCUT2D eigenvalue weighted by atomic mass is 10.1. The number of hydrazine groups is 1. The minimum Gasteiger partial charge on any atom is -0.322 e. The van der Waals surface area contributed by atoms with Crippen LogP contribution in [0.25, 0.3) is 6.08 Å². The first-order chi connectivity index (χ1) is 14.0. The summed E-state index contributed by atoms with van der Waals surface area (Å²) in [6.07, 6.45) is 3.01. The van der Waals surface area contributed by atoms with E-state index in [9.17, 15) is 14.4 Å². The van der Waals surface area contributed by atoms with E-state index in [0.717, 1.165) is 10.4 Å². The average Bonchev–Trinajstić information content (AvgIpc) is 3.25. The van der Waals surface area contributed by atoms with E-state index in [1.165, 1.54) is 17.4 Å². The van der Waals surface area contributed by atoms with Gasteiger partial charge in [0.05, 0.1) is 0 Å². The molecule has 29 heavy (non-hydrogen) atoms. The molecular formula is C22H19N3O3S. The van der Waals surface area contributed by atoms with Gasteiger partial charge in [0.2, 0.25) is 0 Å². The van der Waals surface area contributed by atoms with Crippen LogP contribution < -0.4 is 16.2 Å². The van der Waals surface area contributed by atoms with E-state index >= 15 is 0 Å². The van der Waals surface area contributed by atoms with Gasteiger partial charge in [-0.25, -0.2) is 0 Å². The van der Waals surface area contributed by atoms with Gasteiger partial charge in [-0.05, 0) is 60.3 Å². The van der Waals surface area contributed by atoms with Gasteiger partial charge in [-0.15, -0.1) is 11.3 Å². The summed E-state index contributed by atoms with van der Waals surface area (Å²) in [6.45, 7) is 1.87. The number of aryl methyl sites for hydroxylation is 1. The maximum atomic E-state index is 12.3. The van der Waals surface area contributed by atoms with Crippen LogP contribution >= 0.6 is 11.3 Å². The molecule has 0 unspecified atom stereocenters. The largest absolute Gasteiger partial charge is 0.322 e. The Morgan fingerprint density at radius 2 is 1.62 bits per heavy atom. The Labute approximate surface area is 172 Å². The zero-order valence-corrected chi connectivity index (χ0v) is 16.5. The molecule has 1 aromatic heterocycles. The monoisotopic (exact) mass is 405 g/mol. The van der Waals surface area contributed by atoms with Crippen LogP contribution in [0.2, 0.25) is 0 Å². The minimum absolute atomic E-state index is 0.218. The van der Waals surface area contributed by atoms with Crippen molar-refractivity contribution in [3.8, 4) is 0 Å². The highest BCUT2D eigenvalue weighted by atomic mass is 32.1. The fourth-order valence-electron chi connectivity index (χ4n) is 2.51. The summed E-state index contributed by atoms with van der Waals surface area (Å²) in [5.41, 5.74) is 7.06. The molecule has 0 aliphatic rings. The van der Waals surface area contributed by atoms with Gasteiger partial charge >= 0.3 is 0 Å². The van der Waals surface area contributed by atoms with Crippen molar-refractivity contribution in [3.05, 3.63) is 93.7 Å². The lowest BCUT2D eigenvalue weighted by molar-refractivity contribution is -0.117.